The van der Waals surface area contributed by atoms with Crippen LogP contribution in [0.1, 0.15) is 77.3 Å². The van der Waals surface area contributed by atoms with Gasteiger partial charge >= 0.3 is 14.0 Å². The van der Waals surface area contributed by atoms with E-state index >= 15 is 0 Å². The van der Waals surface area contributed by atoms with Crippen LogP contribution in [0.5, 0.6) is 11.5 Å². The lowest BCUT2D eigenvalue weighted by Gasteiger charge is -2.22. The lowest BCUT2D eigenvalue weighted by Crippen LogP contribution is -2.48. The molecule has 2 aromatic carbocycles. The van der Waals surface area contributed by atoms with Gasteiger partial charge in [-0.05, 0) is 82.0 Å². The molecular formula is C38H56B2N2O9. The van der Waals surface area contributed by atoms with Gasteiger partial charge in [-0.3, -0.25) is 0 Å². The summed E-state index contributed by atoms with van der Waals surface area (Å²) in [6, 6.07) is 14.1. The molecule has 13 heteroatoms. The second kappa shape index (κ2) is 26.1. The minimum absolute atomic E-state index is 0.305. The van der Waals surface area contributed by atoms with Gasteiger partial charge in [0.25, 0.3) is 6.26 Å². The fourth-order valence-electron chi connectivity index (χ4n) is 4.97. The molecule has 0 saturated carbocycles. The first-order valence-electron chi connectivity index (χ1n) is 17.6. The minimum Gasteiger partial charge on any atom is -0.494 e. The topological polar surface area (TPSA) is 174 Å². The molecule has 11 nitrogen and oxygen atoms in total. The zero-order valence-electron chi connectivity index (χ0n) is 31.0. The summed E-state index contributed by atoms with van der Waals surface area (Å²) < 4.78 is 22.0. The molecule has 1 unspecified atom stereocenters. The van der Waals surface area contributed by atoms with Crippen LogP contribution in [0.25, 0.3) is 0 Å². The molecule has 6 N–H and O–H groups in total. The summed E-state index contributed by atoms with van der Waals surface area (Å²) in [5.41, 5.74) is 0.916. The summed E-state index contributed by atoms with van der Waals surface area (Å²) in [6.45, 7) is 10.4. The Morgan fingerprint density at radius 1 is 0.902 bits per heavy atom. The smallest absolute Gasteiger partial charge is 0.414 e. The van der Waals surface area contributed by atoms with Gasteiger partial charge in [-0.2, -0.15) is 5.26 Å². The van der Waals surface area contributed by atoms with E-state index in [4.69, 9.17) is 29.2 Å². The van der Waals surface area contributed by atoms with Gasteiger partial charge in [0.05, 0.1) is 31.4 Å². The van der Waals surface area contributed by atoms with Gasteiger partial charge in [0.2, 0.25) is 0 Å². The number of nitriles is 1. The SMILES string of the molecule is CCCCCOc1ccc(C#C[C@H](O)C2COC(C)(C)B2OC#N)cc1.CCCCCOc1ccc(C#C[C@H](O)[C@@H](CO)NB(C)O)cc1.CO. The van der Waals surface area contributed by atoms with Crippen molar-refractivity contribution >= 4 is 14.0 Å². The van der Waals surface area contributed by atoms with E-state index in [2.05, 4.69) is 42.8 Å². The van der Waals surface area contributed by atoms with Crippen LogP contribution in [0, 0.1) is 35.2 Å². The molecule has 0 spiro atoms. The number of hydrogen-bond acceptors (Lipinski definition) is 11. The quantitative estimate of drug-likeness (QED) is 0.0649. The summed E-state index contributed by atoms with van der Waals surface area (Å²) in [4.78, 5) is 0. The summed E-state index contributed by atoms with van der Waals surface area (Å²) >= 11 is 0. The molecule has 1 aliphatic rings. The third kappa shape index (κ3) is 17.9. The van der Waals surface area contributed by atoms with Crippen molar-refractivity contribution in [3.63, 3.8) is 0 Å². The molecule has 1 saturated heterocycles. The van der Waals surface area contributed by atoms with Crippen molar-refractivity contribution in [3.8, 4) is 41.4 Å². The van der Waals surface area contributed by atoms with Gasteiger partial charge in [-0.25, -0.2) is 0 Å². The average molecular weight is 706 g/mol. The summed E-state index contributed by atoms with van der Waals surface area (Å²) in [7, 11) is 0.174. The van der Waals surface area contributed by atoms with Crippen LogP contribution < -0.4 is 14.7 Å². The highest BCUT2D eigenvalue weighted by molar-refractivity contribution is 6.58. The van der Waals surface area contributed by atoms with Gasteiger partial charge in [0.1, 0.15) is 23.7 Å². The normalized spacial score (nSPS) is 15.7. The van der Waals surface area contributed by atoms with Crippen molar-refractivity contribution in [1.82, 2.24) is 5.23 Å². The molecule has 1 fully saturated rings. The largest absolute Gasteiger partial charge is 0.494 e. The van der Waals surface area contributed by atoms with Crippen molar-refractivity contribution in [2.75, 3.05) is 33.5 Å². The van der Waals surface area contributed by atoms with Crippen molar-refractivity contribution in [3.05, 3.63) is 59.7 Å². The lowest BCUT2D eigenvalue weighted by atomic mass is 9.46. The van der Waals surface area contributed by atoms with Crippen LogP contribution in [0.15, 0.2) is 48.5 Å². The molecule has 0 radical (unpaired) electrons. The van der Waals surface area contributed by atoms with Gasteiger partial charge in [0, 0.05) is 30.7 Å². The molecule has 0 bridgehead atoms. The Morgan fingerprint density at radius 2 is 1.39 bits per heavy atom. The predicted molar refractivity (Wildman–Crippen MR) is 201 cm³/mol. The van der Waals surface area contributed by atoms with Crippen LogP contribution >= 0.6 is 0 Å². The Labute approximate surface area is 305 Å². The highest BCUT2D eigenvalue weighted by Crippen LogP contribution is 2.35. The van der Waals surface area contributed by atoms with Crippen molar-refractivity contribution in [2.24, 2.45) is 0 Å². The molecule has 0 aromatic heterocycles. The van der Waals surface area contributed by atoms with Crippen molar-refractivity contribution < 1.29 is 44.3 Å². The van der Waals surface area contributed by atoms with Crippen LogP contribution in [0.4, 0.5) is 0 Å². The minimum atomic E-state index is -1.07. The van der Waals surface area contributed by atoms with Gasteiger partial charge in [-0.15, -0.1) is 0 Å². The number of hydrogen-bond donors (Lipinski definition) is 6. The lowest BCUT2D eigenvalue weighted by molar-refractivity contribution is 0.0548. The third-order valence-corrected chi connectivity index (χ3v) is 7.81. The summed E-state index contributed by atoms with van der Waals surface area (Å²) in [5, 5.41) is 57.2. The molecule has 1 heterocycles. The molecule has 0 aliphatic carbocycles. The Kier molecular flexibility index (Phi) is 23.2. The van der Waals surface area contributed by atoms with E-state index in [1.54, 1.807) is 6.26 Å². The average Bonchev–Trinajstić information content (AvgIpc) is 3.44. The predicted octanol–water partition coefficient (Wildman–Crippen LogP) is 3.81. The number of benzene rings is 2. The molecular weight excluding hydrogens is 650 g/mol. The monoisotopic (exact) mass is 706 g/mol. The maximum absolute atomic E-state index is 10.4. The first-order chi connectivity index (χ1) is 24.5. The van der Waals surface area contributed by atoms with E-state index in [1.165, 1.54) is 26.1 Å². The molecule has 0 amide bonds. The molecule has 278 valence electrons. The zero-order chi connectivity index (χ0) is 38.1. The first-order valence-corrected chi connectivity index (χ1v) is 17.6. The summed E-state index contributed by atoms with van der Waals surface area (Å²) in [5.74, 6) is 12.6. The maximum atomic E-state index is 10.4. The number of rotatable bonds is 16. The number of unbranched alkanes of at least 4 members (excludes halogenated alkanes) is 4. The van der Waals surface area contributed by atoms with Crippen molar-refractivity contribution in [1.29, 1.82) is 5.26 Å². The summed E-state index contributed by atoms with van der Waals surface area (Å²) in [6.07, 6.45) is 6.46. The fourth-order valence-corrected chi connectivity index (χ4v) is 4.97. The van der Waals surface area contributed by atoms with E-state index in [1.807, 2.05) is 62.4 Å². The number of aliphatic hydroxyl groups excluding tert-OH is 4. The van der Waals surface area contributed by atoms with E-state index in [0.717, 1.165) is 55.6 Å². The van der Waals surface area contributed by atoms with Crippen LogP contribution in [0.2, 0.25) is 12.6 Å². The highest BCUT2D eigenvalue weighted by atomic mass is 16.5. The van der Waals surface area contributed by atoms with Gasteiger partial charge < -0.3 is 49.5 Å². The number of nitrogens with one attached hydrogen (secondary N) is 1. The second-order valence-electron chi connectivity index (χ2n) is 12.4. The number of aliphatic hydroxyl groups is 4. The van der Waals surface area contributed by atoms with Gasteiger partial charge in [0.15, 0.2) is 0 Å². The Balaban J connectivity index is 0.000000490. The maximum Gasteiger partial charge on any atom is 0.414 e. The fraction of sp³-hybridized carbons (Fsp3) is 0.553. The number of ether oxygens (including phenoxy) is 3. The van der Waals surface area contributed by atoms with Crippen LogP contribution in [0.3, 0.4) is 0 Å². The number of nitrogens with zero attached hydrogens (tertiary/aromatic N) is 1. The Hall–Kier alpha value is -3.70. The third-order valence-electron chi connectivity index (χ3n) is 7.81. The van der Waals surface area contributed by atoms with E-state index < -0.39 is 37.7 Å². The highest BCUT2D eigenvalue weighted by Gasteiger charge is 2.53. The Bertz CT molecular complexity index is 1380. The zero-order valence-corrected chi connectivity index (χ0v) is 31.0. The standard InChI is InChI=1S/C20H26BNO4.C17H26BNO4.CH4O/c1-4-5-6-13-24-17-10-7-16(8-11-17)9-12-19(23)18-14-25-20(2,3)21(18)26-15-22;1-3-4-5-12-23-15-9-6-14(7-10-15)8-11-17(21)16(13-20)19-18(2)22;1-2/h7-8,10-11,18-19,23H,4-6,13-14H2,1-3H3;6-7,9-10,16-17,19-22H,3-5,12-13H2,1-2H3;2H,1H3/t18?,19-;16-,17+;/m01./s1. The molecule has 51 heavy (non-hydrogen) atoms. The van der Waals surface area contributed by atoms with Crippen molar-refractivity contribution in [2.45, 2.75) is 103 Å². The second-order valence-corrected chi connectivity index (χ2v) is 12.4. The van der Waals surface area contributed by atoms with Gasteiger partial charge in [-0.1, -0.05) is 63.2 Å². The molecule has 3 rings (SSSR count). The molecule has 2 aromatic rings. The van der Waals surface area contributed by atoms with E-state index in [9.17, 15) is 20.3 Å². The van der Waals surface area contributed by atoms with Crippen LogP contribution in [-0.2, 0) is 9.39 Å². The van der Waals surface area contributed by atoms with E-state index in [-0.39, 0.29) is 12.4 Å². The van der Waals surface area contributed by atoms with E-state index in [0.29, 0.717) is 13.2 Å². The molecule has 4 atom stereocenters. The van der Waals surface area contributed by atoms with Crippen LogP contribution in [-0.4, -0.2) is 96.7 Å². The Morgan fingerprint density at radius 3 is 1.82 bits per heavy atom. The first kappa shape index (κ1) is 45.3. The molecule has 1 aliphatic heterocycles.